The number of carbonyl (C=O) groups excluding carboxylic acids is 6. The Morgan fingerprint density at radius 2 is 0.512 bits per heavy atom. The number of aromatic nitrogens is 3. The molecule has 1 aliphatic rings. The molecule has 1 aromatic heterocycles. The number of ether oxygens (including phenoxy) is 4. The second-order valence-corrected chi connectivity index (χ2v) is 34.6. The zero-order valence-electron chi connectivity index (χ0n) is 77.2. The summed E-state index contributed by atoms with van der Waals surface area (Å²) in [6.07, 6.45) is 23.1. The van der Waals surface area contributed by atoms with Crippen LogP contribution in [0.5, 0.6) is 0 Å². The number of hydrogen-bond donors (Lipinski definition) is 24. The number of nitrogens with two attached hydrogens (primary N) is 8. The van der Waals surface area contributed by atoms with E-state index in [9.17, 15) is 28.8 Å². The maximum absolute atomic E-state index is 14.6. The third-order valence-electron chi connectivity index (χ3n) is 20.8. The molecule has 0 radical (unpaired) electrons. The highest BCUT2D eigenvalue weighted by Gasteiger charge is 2.29. The number of nitrogens with one attached hydrogen (secondary N) is 16. The van der Waals surface area contributed by atoms with Gasteiger partial charge in [0.25, 0.3) is 0 Å². The predicted octanol–water partition coefficient (Wildman–Crippen LogP) is 3.56. The van der Waals surface area contributed by atoms with Crippen LogP contribution in [0.3, 0.4) is 0 Å². The van der Waals surface area contributed by atoms with Gasteiger partial charge in [-0.25, -0.2) is 19.2 Å². The van der Waals surface area contributed by atoms with Crippen molar-refractivity contribution in [1.29, 1.82) is 43.3 Å². The maximum atomic E-state index is 14.6. The first-order valence-electron chi connectivity index (χ1n) is 46.5. The van der Waals surface area contributed by atoms with Crippen LogP contribution in [0.1, 0.15) is 218 Å². The molecule has 0 saturated carbocycles. The summed E-state index contributed by atoms with van der Waals surface area (Å²) in [5.41, 5.74) is 44.5. The molecule has 2 rings (SSSR count). The van der Waals surface area contributed by atoms with Gasteiger partial charge in [-0.05, 0) is 103 Å². The zero-order valence-corrected chi connectivity index (χ0v) is 78.8. The Bertz CT molecular complexity index is 2900. The van der Waals surface area contributed by atoms with E-state index in [4.69, 9.17) is 123 Å². The molecule has 48 heteroatoms. The molecule has 2 heterocycles. The molecule has 0 aromatic carbocycles. The summed E-state index contributed by atoms with van der Waals surface area (Å²) in [7, 11) is 4.67. The van der Waals surface area contributed by atoms with E-state index in [1.165, 1.54) is 0 Å². The van der Waals surface area contributed by atoms with Crippen molar-refractivity contribution in [2.75, 3.05) is 210 Å². The number of piperazine rings is 1. The largest absolute Gasteiger partial charge is 0.448 e. The molecule has 1 saturated heterocycles. The molecule has 45 nitrogen and oxygen atoms in total. The van der Waals surface area contributed by atoms with Crippen molar-refractivity contribution in [1.82, 2.24) is 82.0 Å². The van der Waals surface area contributed by atoms with Crippen LogP contribution >= 0.6 is 21.6 Å². The van der Waals surface area contributed by atoms with Gasteiger partial charge in [-0.1, -0.05) is 124 Å². The number of nitrogens with zero attached hydrogens (tertiary/aromatic N) is 11. The molecule has 129 heavy (non-hydrogen) atoms. The molecule has 0 bridgehead atoms. The van der Waals surface area contributed by atoms with E-state index in [1.54, 1.807) is 63.7 Å². The smallest absolute Gasteiger partial charge is 0.409 e. The van der Waals surface area contributed by atoms with Gasteiger partial charge in [0.2, 0.25) is 23.8 Å². The van der Waals surface area contributed by atoms with Crippen LogP contribution in [0.15, 0.2) is 0 Å². The van der Waals surface area contributed by atoms with E-state index >= 15 is 0 Å². The Balaban J connectivity index is 3.02. The molecule has 0 atom stereocenters. The molecule has 736 valence electrons. The van der Waals surface area contributed by atoms with Crippen molar-refractivity contribution < 1.29 is 47.7 Å². The van der Waals surface area contributed by atoms with Gasteiger partial charge in [-0.2, -0.15) is 15.0 Å². The van der Waals surface area contributed by atoms with Crippen LogP contribution < -0.4 is 103 Å². The van der Waals surface area contributed by atoms with Gasteiger partial charge in [0.05, 0.1) is 31.9 Å². The van der Waals surface area contributed by atoms with Crippen LogP contribution in [0.4, 0.5) is 37.0 Å². The highest BCUT2D eigenvalue weighted by atomic mass is 33.1. The fourth-order valence-corrected chi connectivity index (χ4v) is 15.8. The van der Waals surface area contributed by atoms with Crippen molar-refractivity contribution in [2.45, 2.75) is 218 Å². The standard InChI is InChI=1S/C81H162BN35O10S2/c82-65(118)33-63-128-129-64-34-66(119)110-51-53-111(54-52-110)75-107-76(112(55-59-124-78(120)114(43-25-9-1-17-35-99-67(83)84)44-26-10-2-18-36-100-68(85)86)56-60-125-79(121)115(45-27-11-3-19-37-101-69(87)88)46-28-12-4-20-38-102-70(89)90)109-77(108-75)113(57-61-126-80(122)116(47-29-13-5-21-39-103-71(91)92)48-30-14-6-22-40-104-72(93)94)58-62-127-81(123)117(49-31-15-7-23-41-105-73(95)96)50-32-16-8-24-42-106-74(97)98/h1-64,82H2,(H4,83,84,99)(H4,85,86,100)(H4,87,88,101)(H4,89,90,102)(H4,91,92,103)(H4,93,94,104)(H4,95,96,105)(H4,97,98,106). The molecular formula is C81H162BN35O10S2. The molecule has 5 amide bonds. The average Bonchev–Trinajstić information content (AvgIpc) is 0.804. The molecule has 0 spiro atoms. The minimum Gasteiger partial charge on any atom is -0.448 e. The number of amides is 5. The minimum atomic E-state index is -0.546. The summed E-state index contributed by atoms with van der Waals surface area (Å²) in [5, 5.41) is 83.4. The maximum Gasteiger partial charge on any atom is 0.409 e. The van der Waals surface area contributed by atoms with E-state index in [2.05, 4.69) is 42.5 Å². The second kappa shape index (κ2) is 75.4. The quantitative estimate of drug-likeness (QED) is 0.0111. The molecule has 0 aliphatic carbocycles. The van der Waals surface area contributed by atoms with Gasteiger partial charge >= 0.3 is 24.4 Å². The van der Waals surface area contributed by atoms with E-state index in [1.807, 2.05) is 4.90 Å². The van der Waals surface area contributed by atoms with Crippen LogP contribution in [0.25, 0.3) is 0 Å². The first kappa shape index (κ1) is 115. The summed E-state index contributed by atoms with van der Waals surface area (Å²) in [4.78, 5) is 114. The topological polar surface area (TPSA) is 699 Å². The molecule has 32 N–H and O–H groups in total. The summed E-state index contributed by atoms with van der Waals surface area (Å²) >= 11 is 0. The number of anilines is 3. The lowest BCUT2D eigenvalue weighted by Gasteiger charge is -2.35. The van der Waals surface area contributed by atoms with Gasteiger partial charge in [0, 0.05) is 155 Å². The van der Waals surface area contributed by atoms with Crippen LogP contribution in [-0.4, -0.2) is 326 Å². The number of unbranched alkanes of at least 4 members (excludes halogenated alkanes) is 24. The Kier molecular flexibility index (Phi) is 67.0. The normalized spacial score (nSPS) is 11.6. The summed E-state index contributed by atoms with van der Waals surface area (Å²) in [6.45, 7) is 7.89. The fraction of sp³-hybridized carbons (Fsp3) is 0.790. The number of rotatable bonds is 78. The van der Waals surface area contributed by atoms with Crippen molar-refractivity contribution in [3.8, 4) is 0 Å². The third kappa shape index (κ3) is 64.0. The van der Waals surface area contributed by atoms with Crippen LogP contribution in [-0.2, 0) is 28.5 Å². The zero-order chi connectivity index (χ0) is 94.7. The first-order valence-corrected chi connectivity index (χ1v) is 49.0. The molecule has 1 aliphatic heterocycles. The second-order valence-electron chi connectivity index (χ2n) is 31.9. The minimum absolute atomic E-state index is 0.0313. The van der Waals surface area contributed by atoms with Crippen molar-refractivity contribution in [2.24, 2.45) is 45.9 Å². The van der Waals surface area contributed by atoms with E-state index < -0.39 is 24.4 Å². The monoisotopic (exact) mass is 1860 g/mol. The van der Waals surface area contributed by atoms with Crippen molar-refractivity contribution >= 4 is 131 Å². The SMILES string of the molecule is BC(=O)CCSSCCC(=O)N1CCN(c2nc(N(CCOC(=O)N(CCCCCCNC(=N)N)CCCCCCNC(=N)N)CCOC(=O)N(CCCCCCNC(=N)N)CCCCCCNC(=N)N)nc(N(CCOC(=O)N(CCCCCCNC(=N)N)CCCCCCNC(=N)N)CCOC(=O)N(CCCCCCNC(=N)N)CCCCCCNC(=N)N)n2)CC1. The highest BCUT2D eigenvalue weighted by Crippen LogP contribution is 2.26. The van der Waals surface area contributed by atoms with Gasteiger partial charge in [0.15, 0.2) is 55.5 Å². The third-order valence-corrected chi connectivity index (χ3v) is 23.3. The predicted molar refractivity (Wildman–Crippen MR) is 520 cm³/mol. The van der Waals surface area contributed by atoms with Gasteiger partial charge in [-0.3, -0.25) is 48.1 Å². The molecule has 0 unspecified atom stereocenters. The van der Waals surface area contributed by atoms with Gasteiger partial charge in [-0.15, -0.1) is 0 Å². The molecule has 1 aromatic rings. The summed E-state index contributed by atoms with van der Waals surface area (Å²) in [6, 6.07) is 0. The summed E-state index contributed by atoms with van der Waals surface area (Å²) in [5.74, 6) is 0.735. The number of hydrogen-bond acceptors (Lipinski definition) is 26. The number of carbonyl (C=O) groups is 6. The first-order chi connectivity index (χ1) is 62.1. The van der Waals surface area contributed by atoms with Gasteiger partial charge < -0.3 is 151 Å². The van der Waals surface area contributed by atoms with E-state index in [-0.39, 0.29) is 136 Å². The Morgan fingerprint density at radius 3 is 0.721 bits per heavy atom. The molecule has 1 fully saturated rings. The lowest BCUT2D eigenvalue weighted by Crippen LogP contribution is -2.49. The lowest BCUT2D eigenvalue weighted by molar-refractivity contribution is -0.131. The fourth-order valence-electron chi connectivity index (χ4n) is 13.7. The Hall–Kier alpha value is -10.4. The van der Waals surface area contributed by atoms with E-state index in [0.717, 1.165) is 154 Å². The lowest BCUT2D eigenvalue weighted by atomic mass is 10.0. The molecular weight excluding hydrogens is 1700 g/mol. The Labute approximate surface area is 773 Å². The van der Waals surface area contributed by atoms with Gasteiger partial charge in [0.1, 0.15) is 26.4 Å². The van der Waals surface area contributed by atoms with Crippen LogP contribution in [0, 0.1) is 43.3 Å². The number of guanidine groups is 8. The van der Waals surface area contributed by atoms with Crippen molar-refractivity contribution in [3.63, 3.8) is 0 Å². The summed E-state index contributed by atoms with van der Waals surface area (Å²) < 4.78 is 25.0. The van der Waals surface area contributed by atoms with E-state index in [0.29, 0.717) is 200 Å². The Morgan fingerprint density at radius 1 is 0.302 bits per heavy atom. The highest BCUT2D eigenvalue weighted by molar-refractivity contribution is 8.76. The average molecular weight is 1860 g/mol. The van der Waals surface area contributed by atoms with Crippen LogP contribution in [0.2, 0.25) is 0 Å². The van der Waals surface area contributed by atoms with Crippen molar-refractivity contribution in [3.05, 3.63) is 0 Å².